The van der Waals surface area contributed by atoms with E-state index in [-0.39, 0.29) is 11.9 Å². The van der Waals surface area contributed by atoms with Crippen LogP contribution in [0.4, 0.5) is 0 Å². The van der Waals surface area contributed by atoms with Crippen molar-refractivity contribution in [1.82, 2.24) is 4.90 Å². The van der Waals surface area contributed by atoms with Gasteiger partial charge in [-0.1, -0.05) is 29.8 Å². The third-order valence-electron chi connectivity index (χ3n) is 3.85. The van der Waals surface area contributed by atoms with E-state index in [2.05, 4.69) is 22.4 Å². The van der Waals surface area contributed by atoms with Gasteiger partial charge in [-0.15, -0.1) is 23.1 Å². The van der Waals surface area contributed by atoms with Gasteiger partial charge in [0.15, 0.2) is 0 Å². The highest BCUT2D eigenvalue weighted by atomic mass is 35.5. The molecule has 5 heteroatoms. The van der Waals surface area contributed by atoms with Crippen LogP contribution in [0.3, 0.4) is 0 Å². The van der Waals surface area contributed by atoms with E-state index in [0.29, 0.717) is 6.42 Å². The molecule has 0 spiro atoms. The van der Waals surface area contributed by atoms with Crippen LogP contribution >= 0.6 is 34.7 Å². The summed E-state index contributed by atoms with van der Waals surface area (Å²) < 4.78 is 0. The first-order chi connectivity index (χ1) is 10.8. The first-order valence-corrected chi connectivity index (χ1v) is 9.70. The highest BCUT2D eigenvalue weighted by molar-refractivity contribution is 7.99. The molecule has 1 fully saturated rings. The van der Waals surface area contributed by atoms with Crippen molar-refractivity contribution in [1.29, 1.82) is 0 Å². The lowest BCUT2D eigenvalue weighted by atomic mass is 10.2. The average molecular weight is 352 g/mol. The van der Waals surface area contributed by atoms with E-state index in [9.17, 15) is 4.79 Å². The van der Waals surface area contributed by atoms with Crippen molar-refractivity contribution in [2.75, 3.05) is 12.3 Å². The van der Waals surface area contributed by atoms with Crippen LogP contribution in [0.1, 0.15) is 30.2 Å². The van der Waals surface area contributed by atoms with E-state index >= 15 is 0 Å². The summed E-state index contributed by atoms with van der Waals surface area (Å²) in [7, 11) is 0. The Morgan fingerprint density at radius 1 is 1.32 bits per heavy atom. The summed E-state index contributed by atoms with van der Waals surface area (Å²) in [4.78, 5) is 16.9. The maximum absolute atomic E-state index is 12.5. The van der Waals surface area contributed by atoms with Gasteiger partial charge in [-0.05, 0) is 36.4 Å². The number of halogens is 1. The second-order valence-electron chi connectivity index (χ2n) is 5.29. The Morgan fingerprint density at radius 3 is 2.95 bits per heavy atom. The van der Waals surface area contributed by atoms with Crippen LogP contribution < -0.4 is 0 Å². The lowest BCUT2D eigenvalue weighted by molar-refractivity contribution is -0.131. The molecule has 0 N–H and O–H groups in total. The average Bonchev–Trinajstić information content (AvgIpc) is 3.19. The Labute approximate surface area is 144 Å². The SMILES string of the molecule is O=C(CCSc1ccccc1Cl)N1CCCC1c1cccs1. The van der Waals surface area contributed by atoms with Crippen molar-refractivity contribution in [3.05, 3.63) is 51.7 Å². The second kappa shape index (κ2) is 7.53. The smallest absolute Gasteiger partial charge is 0.223 e. The maximum Gasteiger partial charge on any atom is 0.223 e. The molecule has 1 saturated heterocycles. The van der Waals surface area contributed by atoms with E-state index in [4.69, 9.17) is 11.6 Å². The maximum atomic E-state index is 12.5. The number of carbonyl (C=O) groups is 1. The number of nitrogens with zero attached hydrogens (tertiary/aromatic N) is 1. The van der Waals surface area contributed by atoms with Gasteiger partial charge < -0.3 is 4.90 Å². The van der Waals surface area contributed by atoms with Gasteiger partial charge in [-0.3, -0.25) is 4.79 Å². The molecule has 22 heavy (non-hydrogen) atoms. The van der Waals surface area contributed by atoms with Gasteiger partial charge in [-0.25, -0.2) is 0 Å². The predicted octanol–water partition coefficient (Wildman–Crippen LogP) is 5.25. The summed E-state index contributed by atoms with van der Waals surface area (Å²) in [5.41, 5.74) is 0. The predicted molar refractivity (Wildman–Crippen MR) is 94.8 cm³/mol. The second-order valence-corrected chi connectivity index (χ2v) is 7.81. The molecule has 0 bridgehead atoms. The molecular weight excluding hydrogens is 334 g/mol. The van der Waals surface area contributed by atoms with Gasteiger partial charge in [0.25, 0.3) is 0 Å². The molecule has 3 rings (SSSR count). The van der Waals surface area contributed by atoms with Gasteiger partial charge in [0.1, 0.15) is 0 Å². The fourth-order valence-corrected chi connectivity index (χ4v) is 4.85. The number of benzene rings is 1. The largest absolute Gasteiger partial charge is 0.335 e. The number of carbonyl (C=O) groups excluding carboxylic acids is 1. The highest BCUT2D eigenvalue weighted by Gasteiger charge is 2.30. The van der Waals surface area contributed by atoms with Crippen LogP contribution in [-0.4, -0.2) is 23.1 Å². The third-order valence-corrected chi connectivity index (χ3v) is 6.35. The monoisotopic (exact) mass is 351 g/mol. The molecule has 2 nitrogen and oxygen atoms in total. The molecule has 1 amide bonds. The van der Waals surface area contributed by atoms with Crippen molar-refractivity contribution >= 4 is 40.6 Å². The van der Waals surface area contributed by atoms with Crippen LogP contribution in [0.15, 0.2) is 46.7 Å². The number of amides is 1. The van der Waals surface area contributed by atoms with E-state index in [1.165, 1.54) is 4.88 Å². The van der Waals surface area contributed by atoms with Crippen molar-refractivity contribution in [3.8, 4) is 0 Å². The molecule has 2 heterocycles. The summed E-state index contributed by atoms with van der Waals surface area (Å²) in [6.07, 6.45) is 2.76. The summed E-state index contributed by atoms with van der Waals surface area (Å²) in [5, 5.41) is 2.85. The molecule has 1 atom stereocenters. The van der Waals surface area contributed by atoms with E-state index in [1.54, 1.807) is 23.1 Å². The van der Waals surface area contributed by atoms with Gasteiger partial charge in [0.2, 0.25) is 5.91 Å². The highest BCUT2D eigenvalue weighted by Crippen LogP contribution is 2.35. The summed E-state index contributed by atoms with van der Waals surface area (Å²) in [5.74, 6) is 1.03. The van der Waals surface area contributed by atoms with Crippen molar-refractivity contribution < 1.29 is 4.79 Å². The van der Waals surface area contributed by atoms with Crippen LogP contribution in [0.2, 0.25) is 5.02 Å². The topological polar surface area (TPSA) is 20.3 Å². The van der Waals surface area contributed by atoms with E-state index < -0.39 is 0 Å². The molecular formula is C17H18ClNOS2. The minimum absolute atomic E-state index is 0.260. The number of likely N-dealkylation sites (tertiary alicyclic amines) is 1. The fourth-order valence-electron chi connectivity index (χ4n) is 2.80. The Morgan fingerprint density at radius 2 is 2.18 bits per heavy atom. The van der Waals surface area contributed by atoms with Crippen molar-refractivity contribution in [2.45, 2.75) is 30.2 Å². The lowest BCUT2D eigenvalue weighted by Crippen LogP contribution is -2.30. The minimum atomic E-state index is 0.260. The Hall–Kier alpha value is -0.970. The van der Waals surface area contributed by atoms with Gasteiger partial charge in [0.05, 0.1) is 11.1 Å². The van der Waals surface area contributed by atoms with Crippen LogP contribution in [0.25, 0.3) is 0 Å². The quantitative estimate of drug-likeness (QED) is 0.686. The van der Waals surface area contributed by atoms with Crippen LogP contribution in [0, 0.1) is 0 Å². The zero-order valence-electron chi connectivity index (χ0n) is 12.2. The van der Waals surface area contributed by atoms with E-state index in [1.807, 2.05) is 24.3 Å². The Kier molecular flexibility index (Phi) is 5.45. The number of rotatable bonds is 5. The molecule has 1 aliphatic heterocycles. The normalized spacial score (nSPS) is 17.9. The first-order valence-electron chi connectivity index (χ1n) is 7.46. The molecule has 1 aromatic carbocycles. The third kappa shape index (κ3) is 3.67. The van der Waals surface area contributed by atoms with Gasteiger partial charge in [-0.2, -0.15) is 0 Å². The Bertz CT molecular complexity index is 629. The molecule has 1 aliphatic rings. The van der Waals surface area contributed by atoms with Gasteiger partial charge >= 0.3 is 0 Å². The number of hydrogen-bond donors (Lipinski definition) is 0. The number of thiophene rings is 1. The van der Waals surface area contributed by atoms with Crippen LogP contribution in [0.5, 0.6) is 0 Å². The molecule has 1 unspecified atom stereocenters. The number of thioether (sulfide) groups is 1. The molecule has 2 aromatic rings. The molecule has 116 valence electrons. The van der Waals surface area contributed by atoms with Crippen LogP contribution in [-0.2, 0) is 4.79 Å². The van der Waals surface area contributed by atoms with E-state index in [0.717, 1.165) is 35.1 Å². The molecule has 0 radical (unpaired) electrons. The summed E-state index contributed by atoms with van der Waals surface area (Å²) in [6, 6.07) is 12.3. The van der Waals surface area contributed by atoms with Crippen molar-refractivity contribution in [2.24, 2.45) is 0 Å². The zero-order valence-corrected chi connectivity index (χ0v) is 14.6. The van der Waals surface area contributed by atoms with Gasteiger partial charge in [0, 0.05) is 28.5 Å². The fraction of sp³-hybridized carbons (Fsp3) is 0.353. The van der Waals surface area contributed by atoms with Crippen molar-refractivity contribution in [3.63, 3.8) is 0 Å². The minimum Gasteiger partial charge on any atom is -0.335 e. The zero-order chi connectivity index (χ0) is 15.4. The molecule has 0 saturated carbocycles. The molecule has 1 aromatic heterocycles. The summed E-state index contributed by atoms with van der Waals surface area (Å²) >= 11 is 9.55. The lowest BCUT2D eigenvalue weighted by Gasteiger charge is -2.24. The Balaban J connectivity index is 1.54. The standard InChI is InChI=1S/C17H18ClNOS2/c18-13-5-1-2-7-15(13)22-12-9-17(20)19-10-3-6-14(19)16-8-4-11-21-16/h1-2,4-5,7-8,11,14H,3,6,9-10,12H2. The number of hydrogen-bond acceptors (Lipinski definition) is 3. The summed E-state index contributed by atoms with van der Waals surface area (Å²) in [6.45, 7) is 0.887. The first kappa shape index (κ1) is 15.9. The molecule has 0 aliphatic carbocycles.